The van der Waals surface area contributed by atoms with Crippen molar-refractivity contribution < 1.29 is 23.9 Å². The Morgan fingerprint density at radius 3 is 2.34 bits per heavy atom. The number of primary amides is 1. The van der Waals surface area contributed by atoms with E-state index in [0.717, 1.165) is 17.6 Å². The van der Waals surface area contributed by atoms with Crippen LogP contribution in [-0.2, 0) is 19.2 Å². The van der Waals surface area contributed by atoms with E-state index in [-0.39, 0.29) is 29.9 Å². The first kappa shape index (κ1) is 33.0. The van der Waals surface area contributed by atoms with Crippen molar-refractivity contribution >= 4 is 29.4 Å². The van der Waals surface area contributed by atoms with E-state index in [0.29, 0.717) is 5.69 Å². The van der Waals surface area contributed by atoms with E-state index in [1.165, 1.54) is 49.1 Å². The molecule has 0 radical (unpaired) electrons. The van der Waals surface area contributed by atoms with Crippen LogP contribution in [0.5, 0.6) is 5.75 Å². The minimum Gasteiger partial charge on any atom is -0.425 e. The van der Waals surface area contributed by atoms with E-state index in [9.17, 15) is 19.2 Å². The lowest BCUT2D eigenvalue weighted by Gasteiger charge is -2.32. The Labute approximate surface area is 243 Å². The Morgan fingerprint density at radius 1 is 1.05 bits per heavy atom. The number of hydrogen-bond donors (Lipinski definition) is 3. The minimum absolute atomic E-state index is 0.0321. The van der Waals surface area contributed by atoms with E-state index in [2.05, 4.69) is 50.5 Å². The summed E-state index contributed by atoms with van der Waals surface area (Å²) in [5.41, 5.74) is 10.7. The third-order valence-electron chi connectivity index (χ3n) is 6.81. The highest BCUT2D eigenvalue weighted by Crippen LogP contribution is 2.40. The van der Waals surface area contributed by atoms with Crippen molar-refractivity contribution in [2.24, 2.45) is 11.1 Å². The number of esters is 1. The average Bonchev–Trinajstić information content (AvgIpc) is 2.86. The smallest absolute Gasteiger partial charge is 0.334 e. The molecule has 41 heavy (non-hydrogen) atoms. The molecule has 0 heterocycles. The third-order valence-corrected chi connectivity index (χ3v) is 6.81. The van der Waals surface area contributed by atoms with Gasteiger partial charge in [0.05, 0.1) is 0 Å². The fourth-order valence-corrected chi connectivity index (χ4v) is 4.64. The first-order chi connectivity index (χ1) is 19.3. The average molecular weight is 562 g/mol. The van der Waals surface area contributed by atoms with Crippen LogP contribution in [0.4, 0.5) is 5.69 Å². The molecule has 0 saturated carbocycles. The molecule has 8 heteroatoms. The van der Waals surface area contributed by atoms with Gasteiger partial charge in [-0.05, 0) is 87.3 Å². The monoisotopic (exact) mass is 561 g/mol. The van der Waals surface area contributed by atoms with Gasteiger partial charge in [0.15, 0.2) is 0 Å². The number of anilines is 1. The Balaban J connectivity index is 1.93. The first-order valence-electron chi connectivity index (χ1n) is 13.9. The molecule has 1 aromatic carbocycles. The molecule has 3 amide bonds. The predicted molar refractivity (Wildman–Crippen MR) is 163 cm³/mol. The predicted octanol–water partition coefficient (Wildman–Crippen LogP) is 5.83. The van der Waals surface area contributed by atoms with Gasteiger partial charge in [0, 0.05) is 25.1 Å². The zero-order chi connectivity index (χ0) is 30.6. The third kappa shape index (κ3) is 11.8. The molecule has 1 atom stereocenters. The molecule has 8 nitrogen and oxygen atoms in total. The number of ether oxygens (including phenoxy) is 1. The molecule has 0 aromatic heterocycles. The summed E-state index contributed by atoms with van der Waals surface area (Å²) in [6, 6.07) is 5.24. The molecule has 1 aliphatic rings. The second-order valence-electron chi connectivity index (χ2n) is 11.1. The van der Waals surface area contributed by atoms with Crippen LogP contribution >= 0.6 is 0 Å². The largest absolute Gasteiger partial charge is 0.425 e. The molecule has 1 unspecified atom stereocenters. The summed E-state index contributed by atoms with van der Waals surface area (Å²) >= 11 is 0. The summed E-state index contributed by atoms with van der Waals surface area (Å²) in [4.78, 5) is 47.3. The van der Waals surface area contributed by atoms with E-state index >= 15 is 0 Å². The first-order valence-corrected chi connectivity index (χ1v) is 13.9. The molecule has 4 N–H and O–H groups in total. The maximum Gasteiger partial charge on any atom is 0.334 e. The van der Waals surface area contributed by atoms with Crippen molar-refractivity contribution in [3.8, 4) is 5.75 Å². The van der Waals surface area contributed by atoms with Crippen LogP contribution in [0.1, 0.15) is 73.6 Å². The number of benzene rings is 1. The van der Waals surface area contributed by atoms with Crippen molar-refractivity contribution in [3.05, 3.63) is 83.0 Å². The van der Waals surface area contributed by atoms with Crippen LogP contribution in [0.25, 0.3) is 0 Å². The highest BCUT2D eigenvalue weighted by atomic mass is 16.5. The van der Waals surface area contributed by atoms with Crippen LogP contribution in [-0.4, -0.2) is 29.7 Å². The topological polar surface area (TPSA) is 128 Å². The summed E-state index contributed by atoms with van der Waals surface area (Å²) in [5.74, 6) is -1.79. The molecular formula is C33H43N3O5. The molecule has 0 fully saturated rings. The zero-order valence-corrected chi connectivity index (χ0v) is 25.0. The normalized spacial score (nSPS) is 16.5. The molecule has 0 aliphatic heterocycles. The van der Waals surface area contributed by atoms with Gasteiger partial charge in [-0.2, -0.15) is 0 Å². The Kier molecular flexibility index (Phi) is 12.5. The number of hydrogen-bond acceptors (Lipinski definition) is 5. The quantitative estimate of drug-likeness (QED) is 0.128. The zero-order valence-electron chi connectivity index (χ0n) is 25.0. The Morgan fingerprint density at radius 2 is 1.73 bits per heavy atom. The van der Waals surface area contributed by atoms with Gasteiger partial charge >= 0.3 is 5.97 Å². The molecule has 2 rings (SSSR count). The van der Waals surface area contributed by atoms with E-state index in [1.807, 2.05) is 25.2 Å². The fraction of sp³-hybridized carbons (Fsp3) is 0.394. The Hall–Kier alpha value is -4.20. The van der Waals surface area contributed by atoms with E-state index < -0.39 is 23.8 Å². The number of nitrogens with two attached hydrogens (primary N) is 1. The summed E-state index contributed by atoms with van der Waals surface area (Å²) in [5, 5.41) is 5.23. The number of allylic oxidation sites excluding steroid dienone is 9. The van der Waals surface area contributed by atoms with Crippen molar-refractivity contribution in [2.75, 3.05) is 5.32 Å². The highest BCUT2D eigenvalue weighted by Gasteiger charge is 2.26. The van der Waals surface area contributed by atoms with Gasteiger partial charge in [-0.3, -0.25) is 14.4 Å². The van der Waals surface area contributed by atoms with Crippen LogP contribution in [0, 0.1) is 5.41 Å². The molecule has 1 aromatic rings. The summed E-state index contributed by atoms with van der Waals surface area (Å²) in [6.07, 6.45) is 15.3. The summed E-state index contributed by atoms with van der Waals surface area (Å²) in [6.45, 7) is 12.0. The lowest BCUT2D eigenvalue weighted by molar-refractivity contribution is -0.139. The molecule has 220 valence electrons. The van der Waals surface area contributed by atoms with Crippen molar-refractivity contribution in [1.29, 1.82) is 0 Å². The Bertz CT molecular complexity index is 1280. The number of carbonyl (C=O) groups excluding carboxylic acids is 4. The molecular weight excluding hydrogens is 518 g/mol. The van der Waals surface area contributed by atoms with Gasteiger partial charge in [-0.15, -0.1) is 0 Å². The van der Waals surface area contributed by atoms with Crippen LogP contribution in [0.3, 0.4) is 0 Å². The van der Waals surface area contributed by atoms with Gasteiger partial charge in [0.2, 0.25) is 17.7 Å². The minimum atomic E-state index is -0.999. The summed E-state index contributed by atoms with van der Waals surface area (Å²) in [7, 11) is 0. The number of rotatable bonds is 12. The van der Waals surface area contributed by atoms with Crippen molar-refractivity contribution in [1.82, 2.24) is 5.32 Å². The van der Waals surface area contributed by atoms with Gasteiger partial charge in [-0.25, -0.2) is 4.79 Å². The van der Waals surface area contributed by atoms with Gasteiger partial charge in [0.25, 0.3) is 0 Å². The molecule has 1 aliphatic carbocycles. The highest BCUT2D eigenvalue weighted by molar-refractivity contribution is 6.00. The lowest BCUT2D eigenvalue weighted by atomic mass is 9.72. The van der Waals surface area contributed by atoms with Gasteiger partial charge in [0.1, 0.15) is 11.8 Å². The SMILES string of the molecule is CC(=O)NC(CCC(N)=O)C(=O)Oc1ccc(NC(=O)/C=C(C)/C=C/C=C(C)/C=C/C2=C(C)CCCC2(C)C)cc1. The molecule has 0 saturated heterocycles. The lowest BCUT2D eigenvalue weighted by Crippen LogP contribution is -2.42. The van der Waals surface area contributed by atoms with Gasteiger partial charge < -0.3 is 21.1 Å². The molecule has 0 spiro atoms. The van der Waals surface area contributed by atoms with Crippen LogP contribution in [0.15, 0.2) is 83.0 Å². The van der Waals surface area contributed by atoms with Crippen molar-refractivity contribution in [2.45, 2.75) is 79.7 Å². The number of amides is 3. The molecule has 0 bridgehead atoms. The van der Waals surface area contributed by atoms with Crippen molar-refractivity contribution in [3.63, 3.8) is 0 Å². The standard InChI is InChI=1S/C33H43N3O5/c1-22(12-17-28-24(3)11-8-20-33(28,5)6)9-7-10-23(2)21-31(39)36-26-13-15-27(16-14-26)41-32(40)29(35-25(4)37)18-19-30(34)38/h7,9-10,12-17,21,29H,8,11,18-20H2,1-6H3,(H2,34,38)(H,35,37)(H,36,39)/b10-7+,17-12+,22-9+,23-21+. The van der Waals surface area contributed by atoms with Gasteiger partial charge in [-0.1, -0.05) is 55.4 Å². The summed E-state index contributed by atoms with van der Waals surface area (Å²) < 4.78 is 5.31. The maximum atomic E-state index is 12.5. The van der Waals surface area contributed by atoms with E-state index in [1.54, 1.807) is 12.1 Å². The van der Waals surface area contributed by atoms with Crippen LogP contribution < -0.4 is 21.1 Å². The number of carbonyl (C=O) groups is 4. The second-order valence-corrected chi connectivity index (χ2v) is 11.1. The fourth-order valence-electron chi connectivity index (χ4n) is 4.64. The number of nitrogens with one attached hydrogen (secondary N) is 2. The second kappa shape index (κ2) is 15.6. The van der Waals surface area contributed by atoms with E-state index in [4.69, 9.17) is 10.5 Å². The maximum absolute atomic E-state index is 12.5. The van der Waals surface area contributed by atoms with Crippen LogP contribution in [0.2, 0.25) is 0 Å².